The Balaban J connectivity index is 2.27. The summed E-state index contributed by atoms with van der Waals surface area (Å²) in [6.45, 7) is 10.8. The number of nitrogens with zero attached hydrogens (tertiary/aromatic N) is 2. The first-order valence-electron chi connectivity index (χ1n) is 6.37. The largest absolute Gasteiger partial charge is 0.494 e. The van der Waals surface area contributed by atoms with Crippen LogP contribution in [0.2, 0.25) is 0 Å². The van der Waals surface area contributed by atoms with Crippen molar-refractivity contribution in [1.82, 2.24) is 4.90 Å². The van der Waals surface area contributed by atoms with E-state index in [1.165, 1.54) is 0 Å². The van der Waals surface area contributed by atoms with Crippen LogP contribution in [0.15, 0.2) is 49.6 Å². The van der Waals surface area contributed by atoms with Crippen LogP contribution >= 0.6 is 0 Å². The quantitative estimate of drug-likeness (QED) is 0.503. The standard InChI is InChI=1S/C16H20N2O/c1-3-10-18(11-4-2)12-5-13-19-16-8-6-15(14-17)7-9-16/h3-4,6-9H,1-2,5,10-13H2. The van der Waals surface area contributed by atoms with E-state index in [4.69, 9.17) is 10.00 Å². The fourth-order valence-electron chi connectivity index (χ4n) is 1.73. The van der Waals surface area contributed by atoms with Crippen molar-refractivity contribution in [1.29, 1.82) is 5.26 Å². The van der Waals surface area contributed by atoms with Gasteiger partial charge in [-0.1, -0.05) is 12.2 Å². The first kappa shape index (κ1) is 15.0. The number of ether oxygens (including phenoxy) is 1. The molecule has 3 nitrogen and oxygen atoms in total. The van der Waals surface area contributed by atoms with Crippen molar-refractivity contribution < 1.29 is 4.74 Å². The lowest BCUT2D eigenvalue weighted by Gasteiger charge is -2.18. The summed E-state index contributed by atoms with van der Waals surface area (Å²) in [6.07, 6.45) is 4.73. The third-order valence-corrected chi connectivity index (χ3v) is 2.65. The van der Waals surface area contributed by atoms with E-state index in [0.29, 0.717) is 12.2 Å². The van der Waals surface area contributed by atoms with Gasteiger partial charge >= 0.3 is 0 Å². The molecule has 0 amide bonds. The van der Waals surface area contributed by atoms with Gasteiger partial charge in [0.05, 0.1) is 18.2 Å². The van der Waals surface area contributed by atoms with E-state index >= 15 is 0 Å². The van der Waals surface area contributed by atoms with Crippen LogP contribution in [0, 0.1) is 11.3 Å². The molecule has 1 aromatic carbocycles. The minimum atomic E-state index is 0.649. The van der Waals surface area contributed by atoms with Crippen LogP contribution in [-0.2, 0) is 0 Å². The van der Waals surface area contributed by atoms with Crippen LogP contribution in [0.1, 0.15) is 12.0 Å². The number of benzene rings is 1. The average Bonchev–Trinajstić information content (AvgIpc) is 2.44. The number of nitriles is 1. The Kier molecular flexibility index (Phi) is 7.08. The topological polar surface area (TPSA) is 36.3 Å². The molecule has 0 aliphatic heterocycles. The highest BCUT2D eigenvalue weighted by atomic mass is 16.5. The smallest absolute Gasteiger partial charge is 0.119 e. The van der Waals surface area contributed by atoms with E-state index in [1.54, 1.807) is 12.1 Å². The van der Waals surface area contributed by atoms with E-state index in [1.807, 2.05) is 24.3 Å². The molecule has 0 unspecified atom stereocenters. The van der Waals surface area contributed by atoms with E-state index in [0.717, 1.165) is 31.8 Å². The van der Waals surface area contributed by atoms with E-state index in [2.05, 4.69) is 24.1 Å². The lowest BCUT2D eigenvalue weighted by Crippen LogP contribution is -2.26. The molecule has 0 saturated heterocycles. The van der Waals surface area contributed by atoms with Crippen LogP contribution in [0.3, 0.4) is 0 Å². The van der Waals surface area contributed by atoms with Gasteiger partial charge < -0.3 is 4.74 Å². The molecular formula is C16H20N2O. The Bertz CT molecular complexity index is 421. The normalized spacial score (nSPS) is 9.89. The lowest BCUT2D eigenvalue weighted by atomic mass is 10.2. The molecule has 0 fully saturated rings. The zero-order valence-corrected chi connectivity index (χ0v) is 11.2. The van der Waals surface area contributed by atoms with Crippen molar-refractivity contribution in [2.45, 2.75) is 6.42 Å². The highest BCUT2D eigenvalue weighted by molar-refractivity contribution is 5.34. The van der Waals surface area contributed by atoms with Crippen LogP contribution in [0.4, 0.5) is 0 Å². The summed E-state index contributed by atoms with van der Waals surface area (Å²) in [7, 11) is 0. The summed E-state index contributed by atoms with van der Waals surface area (Å²) in [6, 6.07) is 9.25. The Morgan fingerprint density at radius 3 is 2.32 bits per heavy atom. The molecule has 0 radical (unpaired) electrons. The van der Waals surface area contributed by atoms with Gasteiger partial charge in [-0.15, -0.1) is 13.2 Å². The van der Waals surface area contributed by atoms with Crippen molar-refractivity contribution in [3.05, 3.63) is 55.1 Å². The molecule has 0 N–H and O–H groups in total. The zero-order valence-electron chi connectivity index (χ0n) is 11.2. The SMILES string of the molecule is C=CCN(CC=C)CCCOc1ccc(C#N)cc1. The van der Waals surface area contributed by atoms with E-state index < -0.39 is 0 Å². The molecular weight excluding hydrogens is 236 g/mol. The summed E-state index contributed by atoms with van der Waals surface area (Å²) in [4.78, 5) is 2.25. The molecule has 0 bridgehead atoms. The maximum atomic E-state index is 8.69. The Hall–Kier alpha value is -2.05. The van der Waals surface area contributed by atoms with Gasteiger partial charge in [-0.3, -0.25) is 4.90 Å². The Morgan fingerprint density at radius 1 is 1.16 bits per heavy atom. The molecule has 0 aliphatic rings. The fourth-order valence-corrected chi connectivity index (χ4v) is 1.73. The van der Waals surface area contributed by atoms with Gasteiger partial charge in [0.2, 0.25) is 0 Å². The minimum absolute atomic E-state index is 0.649. The van der Waals surface area contributed by atoms with Gasteiger partial charge in [0, 0.05) is 19.6 Å². The lowest BCUT2D eigenvalue weighted by molar-refractivity contribution is 0.262. The second-order valence-electron chi connectivity index (χ2n) is 4.18. The van der Waals surface area contributed by atoms with E-state index in [-0.39, 0.29) is 0 Å². The molecule has 1 aromatic rings. The van der Waals surface area contributed by atoms with Crippen molar-refractivity contribution in [3.63, 3.8) is 0 Å². The maximum Gasteiger partial charge on any atom is 0.119 e. The molecule has 0 heterocycles. The molecule has 3 heteroatoms. The van der Waals surface area contributed by atoms with Crippen LogP contribution in [-0.4, -0.2) is 31.1 Å². The summed E-state index contributed by atoms with van der Waals surface area (Å²) in [5.74, 6) is 0.804. The zero-order chi connectivity index (χ0) is 13.9. The summed E-state index contributed by atoms with van der Waals surface area (Å²) in [5.41, 5.74) is 0.649. The Morgan fingerprint density at radius 2 is 1.79 bits per heavy atom. The monoisotopic (exact) mass is 256 g/mol. The Labute approximate surface area is 115 Å². The molecule has 0 atom stereocenters. The van der Waals surface area contributed by atoms with Crippen LogP contribution in [0.25, 0.3) is 0 Å². The highest BCUT2D eigenvalue weighted by Gasteiger charge is 2.00. The molecule has 1 rings (SSSR count). The molecule has 0 aliphatic carbocycles. The fraction of sp³-hybridized carbons (Fsp3) is 0.312. The van der Waals surface area contributed by atoms with Crippen LogP contribution in [0.5, 0.6) is 5.75 Å². The first-order chi connectivity index (χ1) is 9.30. The van der Waals surface area contributed by atoms with Gasteiger partial charge in [-0.2, -0.15) is 5.26 Å². The van der Waals surface area contributed by atoms with Gasteiger partial charge in [-0.05, 0) is 30.7 Å². The summed E-state index contributed by atoms with van der Waals surface area (Å²) < 4.78 is 5.62. The maximum absolute atomic E-state index is 8.69. The van der Waals surface area contributed by atoms with Crippen molar-refractivity contribution in [3.8, 4) is 11.8 Å². The predicted molar refractivity (Wildman–Crippen MR) is 78.1 cm³/mol. The van der Waals surface area contributed by atoms with Gasteiger partial charge in [-0.25, -0.2) is 0 Å². The van der Waals surface area contributed by atoms with E-state index in [9.17, 15) is 0 Å². The van der Waals surface area contributed by atoms with Crippen LogP contribution < -0.4 is 4.74 Å². The molecule has 100 valence electrons. The predicted octanol–water partition coefficient (Wildman–Crippen LogP) is 3.00. The van der Waals surface area contributed by atoms with Gasteiger partial charge in [0.15, 0.2) is 0 Å². The summed E-state index contributed by atoms with van der Waals surface area (Å²) >= 11 is 0. The van der Waals surface area contributed by atoms with Crippen molar-refractivity contribution in [2.75, 3.05) is 26.2 Å². The summed E-state index contributed by atoms with van der Waals surface area (Å²) in [5, 5.41) is 8.69. The average molecular weight is 256 g/mol. The molecule has 19 heavy (non-hydrogen) atoms. The highest BCUT2D eigenvalue weighted by Crippen LogP contribution is 2.11. The first-order valence-corrected chi connectivity index (χ1v) is 6.37. The number of hydrogen-bond donors (Lipinski definition) is 0. The second-order valence-corrected chi connectivity index (χ2v) is 4.18. The van der Waals surface area contributed by atoms with Gasteiger partial charge in [0.25, 0.3) is 0 Å². The van der Waals surface area contributed by atoms with Gasteiger partial charge in [0.1, 0.15) is 5.75 Å². The third-order valence-electron chi connectivity index (χ3n) is 2.65. The molecule has 0 aromatic heterocycles. The van der Waals surface area contributed by atoms with Crippen molar-refractivity contribution in [2.24, 2.45) is 0 Å². The number of rotatable bonds is 9. The number of hydrogen-bond acceptors (Lipinski definition) is 3. The van der Waals surface area contributed by atoms with Crippen molar-refractivity contribution >= 4 is 0 Å². The minimum Gasteiger partial charge on any atom is -0.494 e. The molecule has 0 saturated carbocycles. The third kappa shape index (κ3) is 5.89. The second kappa shape index (κ2) is 8.96. The molecule has 0 spiro atoms.